The van der Waals surface area contributed by atoms with Crippen LogP contribution in [0, 0.1) is 0 Å². The average Bonchev–Trinajstić information content (AvgIpc) is 2.86. The van der Waals surface area contributed by atoms with Crippen LogP contribution in [0.5, 0.6) is 0 Å². The molecule has 2 heterocycles. The predicted octanol–water partition coefficient (Wildman–Crippen LogP) is 0.306. The van der Waals surface area contributed by atoms with Crippen molar-refractivity contribution < 1.29 is 4.79 Å². The number of nitrogens with zero attached hydrogens (tertiary/aromatic N) is 3. The van der Waals surface area contributed by atoms with E-state index in [4.69, 9.17) is 0 Å². The number of ketones is 1. The highest BCUT2D eigenvalue weighted by Gasteiger charge is 2.15. The van der Waals surface area contributed by atoms with E-state index in [-0.39, 0.29) is 23.5 Å². The lowest BCUT2D eigenvalue weighted by atomic mass is 10.1. The monoisotopic (exact) mass is 284 g/mol. The second kappa shape index (κ2) is 4.86. The largest absolute Gasteiger partial charge is 0.330 e. The molecule has 2 aromatic heterocycles. The Labute approximate surface area is 118 Å². The number of aryl methyl sites for hydroxylation is 1. The molecule has 0 aliphatic heterocycles. The van der Waals surface area contributed by atoms with Gasteiger partial charge in [-0.1, -0.05) is 30.3 Å². The van der Waals surface area contributed by atoms with Crippen molar-refractivity contribution in [3.63, 3.8) is 0 Å². The molecule has 1 aromatic carbocycles. The van der Waals surface area contributed by atoms with E-state index >= 15 is 0 Å². The van der Waals surface area contributed by atoms with Crippen molar-refractivity contribution in [2.24, 2.45) is 7.05 Å². The summed E-state index contributed by atoms with van der Waals surface area (Å²) >= 11 is 0. The first-order valence-electron chi connectivity index (χ1n) is 6.30. The normalized spacial score (nSPS) is 10.9. The average molecular weight is 284 g/mol. The van der Waals surface area contributed by atoms with Crippen LogP contribution in [-0.4, -0.2) is 24.9 Å². The molecule has 0 amide bonds. The number of benzene rings is 1. The second-order valence-corrected chi connectivity index (χ2v) is 4.66. The Morgan fingerprint density at radius 3 is 2.67 bits per heavy atom. The SMILES string of the molecule is Cn1cnc2c1c(=O)[nH]c(=O)n2CC(=O)c1ccccc1. The fourth-order valence-electron chi connectivity index (χ4n) is 2.20. The highest BCUT2D eigenvalue weighted by atomic mass is 16.2. The number of imidazole rings is 1. The molecule has 3 rings (SSSR count). The van der Waals surface area contributed by atoms with Crippen LogP contribution in [0.15, 0.2) is 46.2 Å². The summed E-state index contributed by atoms with van der Waals surface area (Å²) in [4.78, 5) is 42.2. The van der Waals surface area contributed by atoms with E-state index in [1.165, 1.54) is 15.5 Å². The molecule has 0 atom stereocenters. The maximum Gasteiger partial charge on any atom is 0.330 e. The molecule has 0 aliphatic rings. The Kier molecular flexibility index (Phi) is 3.02. The maximum absolute atomic E-state index is 12.2. The van der Waals surface area contributed by atoms with Crippen molar-refractivity contribution >= 4 is 16.9 Å². The third kappa shape index (κ3) is 2.18. The van der Waals surface area contributed by atoms with Crippen LogP contribution in [0.2, 0.25) is 0 Å². The molecule has 21 heavy (non-hydrogen) atoms. The van der Waals surface area contributed by atoms with Crippen LogP contribution < -0.4 is 11.2 Å². The summed E-state index contributed by atoms with van der Waals surface area (Å²) < 4.78 is 2.68. The Morgan fingerprint density at radius 2 is 1.95 bits per heavy atom. The standard InChI is InChI=1S/C14H12N4O3/c1-17-8-15-12-11(17)13(20)16-14(21)18(12)7-10(19)9-5-3-2-4-6-9/h2-6,8H,7H2,1H3,(H,16,20,21). The van der Waals surface area contributed by atoms with Crippen LogP contribution in [0.1, 0.15) is 10.4 Å². The lowest BCUT2D eigenvalue weighted by molar-refractivity contribution is 0.0971. The molecule has 0 saturated heterocycles. The van der Waals surface area contributed by atoms with Crippen molar-refractivity contribution in [1.29, 1.82) is 0 Å². The van der Waals surface area contributed by atoms with Gasteiger partial charge in [-0.3, -0.25) is 19.1 Å². The molecule has 3 aromatic rings. The van der Waals surface area contributed by atoms with E-state index in [0.29, 0.717) is 5.56 Å². The summed E-state index contributed by atoms with van der Waals surface area (Å²) in [5.74, 6) is -0.225. The van der Waals surface area contributed by atoms with E-state index in [2.05, 4.69) is 9.97 Å². The van der Waals surface area contributed by atoms with Gasteiger partial charge in [0.05, 0.1) is 12.9 Å². The summed E-state index contributed by atoms with van der Waals surface area (Å²) in [6.45, 7) is -0.173. The van der Waals surface area contributed by atoms with Gasteiger partial charge in [0, 0.05) is 12.6 Å². The molecule has 1 N–H and O–H groups in total. The number of hydrogen-bond donors (Lipinski definition) is 1. The van der Waals surface area contributed by atoms with Crippen molar-refractivity contribution in [2.45, 2.75) is 6.54 Å². The van der Waals surface area contributed by atoms with E-state index in [9.17, 15) is 14.4 Å². The van der Waals surface area contributed by atoms with E-state index in [1.807, 2.05) is 0 Å². The quantitative estimate of drug-likeness (QED) is 0.701. The first-order valence-corrected chi connectivity index (χ1v) is 6.30. The molecule has 0 aliphatic carbocycles. The van der Waals surface area contributed by atoms with Gasteiger partial charge in [-0.05, 0) is 0 Å². The Bertz CT molecular complexity index is 934. The molecule has 0 saturated carbocycles. The van der Waals surface area contributed by atoms with Crippen molar-refractivity contribution in [3.05, 3.63) is 63.1 Å². The molecule has 0 fully saturated rings. The smallest absolute Gasteiger partial charge is 0.328 e. The molecule has 7 nitrogen and oxygen atoms in total. The number of aromatic amines is 1. The van der Waals surface area contributed by atoms with Crippen LogP contribution >= 0.6 is 0 Å². The van der Waals surface area contributed by atoms with Crippen LogP contribution in [-0.2, 0) is 13.6 Å². The highest BCUT2D eigenvalue weighted by Crippen LogP contribution is 2.06. The van der Waals surface area contributed by atoms with Gasteiger partial charge in [0.1, 0.15) is 0 Å². The molecule has 106 valence electrons. The van der Waals surface area contributed by atoms with Gasteiger partial charge in [-0.25, -0.2) is 9.78 Å². The van der Waals surface area contributed by atoms with Crippen molar-refractivity contribution in [1.82, 2.24) is 19.1 Å². The highest BCUT2D eigenvalue weighted by molar-refractivity contribution is 5.96. The topological polar surface area (TPSA) is 89.8 Å². The minimum Gasteiger partial charge on any atom is -0.328 e. The van der Waals surface area contributed by atoms with Crippen LogP contribution in [0.25, 0.3) is 11.2 Å². The van der Waals surface area contributed by atoms with Gasteiger partial charge in [-0.2, -0.15) is 0 Å². The molecular weight excluding hydrogens is 272 g/mol. The zero-order chi connectivity index (χ0) is 15.0. The van der Waals surface area contributed by atoms with Gasteiger partial charge < -0.3 is 4.57 Å². The number of carbonyl (C=O) groups excluding carboxylic acids is 1. The fraction of sp³-hybridized carbons (Fsp3) is 0.143. The molecule has 0 bridgehead atoms. The molecule has 0 spiro atoms. The van der Waals surface area contributed by atoms with Crippen molar-refractivity contribution in [2.75, 3.05) is 0 Å². The van der Waals surface area contributed by atoms with Gasteiger partial charge in [0.2, 0.25) is 0 Å². The lowest BCUT2D eigenvalue weighted by Crippen LogP contribution is -2.33. The number of hydrogen-bond acceptors (Lipinski definition) is 4. The summed E-state index contributed by atoms with van der Waals surface area (Å²) in [5.41, 5.74) is -0.195. The van der Waals surface area contributed by atoms with E-state index in [1.54, 1.807) is 37.4 Å². The van der Waals surface area contributed by atoms with E-state index in [0.717, 1.165) is 0 Å². The number of fused-ring (bicyclic) bond motifs is 1. The summed E-state index contributed by atoms with van der Waals surface area (Å²) in [6, 6.07) is 8.65. The minimum absolute atomic E-state index is 0.173. The third-order valence-corrected chi connectivity index (χ3v) is 3.25. The Hall–Kier alpha value is -2.96. The first-order chi connectivity index (χ1) is 10.1. The number of nitrogens with one attached hydrogen (secondary N) is 1. The van der Waals surface area contributed by atoms with Crippen LogP contribution in [0.3, 0.4) is 0 Å². The summed E-state index contributed by atoms with van der Waals surface area (Å²) in [7, 11) is 1.65. The fourth-order valence-corrected chi connectivity index (χ4v) is 2.20. The third-order valence-electron chi connectivity index (χ3n) is 3.25. The minimum atomic E-state index is -0.643. The number of aromatic nitrogens is 4. The molecular formula is C14H12N4O3. The van der Waals surface area contributed by atoms with Gasteiger partial charge in [0.15, 0.2) is 16.9 Å². The van der Waals surface area contributed by atoms with Gasteiger partial charge in [-0.15, -0.1) is 0 Å². The lowest BCUT2D eigenvalue weighted by Gasteiger charge is -2.05. The zero-order valence-electron chi connectivity index (χ0n) is 11.2. The predicted molar refractivity (Wildman–Crippen MR) is 76.4 cm³/mol. The Morgan fingerprint density at radius 1 is 1.24 bits per heavy atom. The maximum atomic E-state index is 12.2. The van der Waals surface area contributed by atoms with Gasteiger partial charge >= 0.3 is 5.69 Å². The molecule has 0 unspecified atom stereocenters. The number of carbonyl (C=O) groups is 1. The molecule has 0 radical (unpaired) electrons. The van der Waals surface area contributed by atoms with E-state index < -0.39 is 11.2 Å². The van der Waals surface area contributed by atoms with Crippen LogP contribution in [0.4, 0.5) is 0 Å². The number of H-pyrrole nitrogens is 1. The number of rotatable bonds is 3. The Balaban J connectivity index is 2.12. The summed E-state index contributed by atoms with van der Waals surface area (Å²) in [6.07, 6.45) is 1.43. The second-order valence-electron chi connectivity index (χ2n) is 4.66. The molecule has 7 heteroatoms. The van der Waals surface area contributed by atoms with Gasteiger partial charge in [0.25, 0.3) is 5.56 Å². The number of Topliss-reactive ketones (excluding diaryl/α,β-unsaturated/α-hetero) is 1. The summed E-state index contributed by atoms with van der Waals surface area (Å²) in [5, 5.41) is 0. The first kappa shape index (κ1) is 13.0. The zero-order valence-corrected chi connectivity index (χ0v) is 11.2. The van der Waals surface area contributed by atoms with Crippen molar-refractivity contribution in [3.8, 4) is 0 Å².